The molecular weight excluding hydrogens is 294 g/mol. The van der Waals surface area contributed by atoms with Gasteiger partial charge in [-0.25, -0.2) is 9.78 Å². The van der Waals surface area contributed by atoms with Gasteiger partial charge in [-0.3, -0.25) is 0 Å². The van der Waals surface area contributed by atoms with Crippen molar-refractivity contribution in [2.45, 2.75) is 6.42 Å². The van der Waals surface area contributed by atoms with E-state index in [0.29, 0.717) is 17.2 Å². The third-order valence-electron chi connectivity index (χ3n) is 3.53. The lowest BCUT2D eigenvalue weighted by Crippen LogP contribution is -2.09. The number of benzene rings is 2. The first-order chi connectivity index (χ1) is 11.1. The fourth-order valence-electron chi connectivity index (χ4n) is 2.28. The molecule has 3 aromatic rings. The maximum absolute atomic E-state index is 12.0. The average molecular weight is 309 g/mol. The number of esters is 1. The second-order valence-corrected chi connectivity index (χ2v) is 5.10. The zero-order valence-corrected chi connectivity index (χ0v) is 12.3. The number of hydrogen-bond acceptors (Lipinski definition) is 5. The van der Waals surface area contributed by atoms with Crippen LogP contribution in [-0.2, 0) is 11.2 Å². The molecule has 0 aliphatic heterocycles. The number of pyridine rings is 1. The molecule has 0 aliphatic rings. The maximum Gasteiger partial charge on any atom is 0.356 e. The lowest BCUT2D eigenvalue weighted by Gasteiger charge is -2.07. The van der Waals surface area contributed by atoms with Gasteiger partial charge in [0.25, 0.3) is 0 Å². The first-order valence-corrected chi connectivity index (χ1v) is 7.17. The molecule has 2 aromatic carbocycles. The van der Waals surface area contributed by atoms with Crippen molar-refractivity contribution in [2.24, 2.45) is 0 Å². The van der Waals surface area contributed by atoms with Gasteiger partial charge >= 0.3 is 5.97 Å². The van der Waals surface area contributed by atoms with Gasteiger partial charge in [0.05, 0.1) is 6.61 Å². The summed E-state index contributed by atoms with van der Waals surface area (Å²) in [5.74, 6) is -0.994. The molecule has 0 unspecified atom stereocenters. The summed E-state index contributed by atoms with van der Waals surface area (Å²) in [5, 5.41) is 20.2. The molecule has 0 bridgehead atoms. The molecule has 5 nitrogen and oxygen atoms in total. The molecule has 0 saturated carbocycles. The van der Waals surface area contributed by atoms with Crippen molar-refractivity contribution in [3.63, 3.8) is 0 Å². The summed E-state index contributed by atoms with van der Waals surface area (Å²) in [6.45, 7) is 0.267. The molecule has 0 saturated heterocycles. The highest BCUT2D eigenvalue weighted by Crippen LogP contribution is 2.33. The lowest BCUT2D eigenvalue weighted by molar-refractivity contribution is 0.0502. The molecule has 0 radical (unpaired) electrons. The topological polar surface area (TPSA) is 79.7 Å². The van der Waals surface area contributed by atoms with Gasteiger partial charge in [0.15, 0.2) is 11.5 Å². The molecule has 116 valence electrons. The quantitative estimate of drug-likeness (QED) is 0.572. The number of fused-ring (bicyclic) bond motifs is 1. The summed E-state index contributed by atoms with van der Waals surface area (Å²) in [5.41, 5.74) is 1.25. The largest absolute Gasteiger partial charge is 0.504 e. The molecule has 0 aliphatic carbocycles. The second-order valence-electron chi connectivity index (χ2n) is 5.10. The summed E-state index contributed by atoms with van der Waals surface area (Å²) in [6.07, 6.45) is 1.98. The van der Waals surface area contributed by atoms with Crippen molar-refractivity contribution in [1.29, 1.82) is 0 Å². The third-order valence-corrected chi connectivity index (χ3v) is 3.53. The molecule has 0 atom stereocenters. The number of nitrogens with zero attached hydrogens (tertiary/aromatic N) is 1. The second kappa shape index (κ2) is 6.36. The van der Waals surface area contributed by atoms with Crippen LogP contribution in [0.4, 0.5) is 0 Å². The van der Waals surface area contributed by atoms with Crippen molar-refractivity contribution in [3.8, 4) is 11.5 Å². The standard InChI is InChI=1S/C18H15NO4/c20-16-7-6-13-10-15(19-11-14(13)17(16)21)18(22)23-9-8-12-4-2-1-3-5-12/h1-7,10-11,20-21H,8-9H2. The fraction of sp³-hybridized carbons (Fsp3) is 0.111. The zero-order chi connectivity index (χ0) is 16.2. The molecular formula is C18H15NO4. The highest BCUT2D eigenvalue weighted by molar-refractivity contribution is 5.95. The van der Waals surface area contributed by atoms with E-state index in [1.54, 1.807) is 6.07 Å². The number of ether oxygens (including phenoxy) is 1. The number of carbonyl (C=O) groups excluding carboxylic acids is 1. The van der Waals surface area contributed by atoms with E-state index in [2.05, 4.69) is 4.98 Å². The van der Waals surface area contributed by atoms with Crippen molar-refractivity contribution < 1.29 is 19.7 Å². The van der Waals surface area contributed by atoms with Crippen molar-refractivity contribution >= 4 is 16.7 Å². The van der Waals surface area contributed by atoms with Crippen LogP contribution in [0.5, 0.6) is 11.5 Å². The maximum atomic E-state index is 12.0. The summed E-state index contributed by atoms with van der Waals surface area (Å²) >= 11 is 0. The Kier molecular flexibility index (Phi) is 4.10. The van der Waals surface area contributed by atoms with Crippen LogP contribution in [0.15, 0.2) is 54.7 Å². The van der Waals surface area contributed by atoms with E-state index >= 15 is 0 Å². The predicted octanol–water partition coefficient (Wildman–Crippen LogP) is 3.05. The number of rotatable bonds is 4. The van der Waals surface area contributed by atoms with Crippen LogP contribution in [0.1, 0.15) is 16.1 Å². The Bertz CT molecular complexity index is 846. The van der Waals surface area contributed by atoms with Crippen molar-refractivity contribution in [3.05, 3.63) is 66.0 Å². The fourth-order valence-corrected chi connectivity index (χ4v) is 2.28. The van der Waals surface area contributed by atoms with Gasteiger partial charge in [0, 0.05) is 18.0 Å². The number of phenolic OH excluding ortho intramolecular Hbond substituents is 2. The van der Waals surface area contributed by atoms with E-state index in [9.17, 15) is 15.0 Å². The number of carbonyl (C=O) groups is 1. The van der Waals surface area contributed by atoms with E-state index < -0.39 is 5.97 Å². The molecule has 1 heterocycles. The third kappa shape index (κ3) is 3.23. The smallest absolute Gasteiger partial charge is 0.356 e. The Morgan fingerprint density at radius 3 is 2.65 bits per heavy atom. The average Bonchev–Trinajstić information content (AvgIpc) is 2.59. The van der Waals surface area contributed by atoms with Crippen LogP contribution in [-0.4, -0.2) is 27.8 Å². The van der Waals surface area contributed by atoms with Gasteiger partial charge in [0.1, 0.15) is 5.69 Å². The molecule has 5 heteroatoms. The van der Waals surface area contributed by atoms with Crippen molar-refractivity contribution in [2.75, 3.05) is 6.61 Å². The summed E-state index contributed by atoms with van der Waals surface area (Å²) in [7, 11) is 0. The molecule has 0 amide bonds. The Balaban J connectivity index is 1.70. The molecule has 0 fully saturated rings. The van der Waals surface area contributed by atoms with Gasteiger partial charge in [-0.15, -0.1) is 0 Å². The summed E-state index contributed by atoms with van der Waals surface area (Å²) < 4.78 is 5.22. The van der Waals surface area contributed by atoms with Gasteiger partial charge in [-0.05, 0) is 23.1 Å². The number of phenols is 2. The van der Waals surface area contributed by atoms with Gasteiger partial charge in [0.2, 0.25) is 0 Å². The van der Waals surface area contributed by atoms with Gasteiger partial charge in [-0.1, -0.05) is 36.4 Å². The van der Waals surface area contributed by atoms with E-state index in [1.807, 2.05) is 30.3 Å². The zero-order valence-electron chi connectivity index (χ0n) is 12.3. The van der Waals surface area contributed by atoms with Crippen LogP contribution in [0.2, 0.25) is 0 Å². The minimum Gasteiger partial charge on any atom is -0.504 e. The Labute approximate surface area is 132 Å². The van der Waals surface area contributed by atoms with Crippen LogP contribution in [0.25, 0.3) is 10.8 Å². The SMILES string of the molecule is O=C(OCCc1ccccc1)c1cc2ccc(O)c(O)c2cn1. The highest BCUT2D eigenvalue weighted by atomic mass is 16.5. The summed E-state index contributed by atoms with van der Waals surface area (Å²) in [6, 6.07) is 14.2. The van der Waals surface area contributed by atoms with Gasteiger partial charge in [-0.2, -0.15) is 0 Å². The minimum absolute atomic E-state index is 0.163. The minimum atomic E-state index is -0.518. The first-order valence-electron chi connectivity index (χ1n) is 7.17. The molecule has 2 N–H and O–H groups in total. The Hall–Kier alpha value is -3.08. The highest BCUT2D eigenvalue weighted by Gasteiger charge is 2.12. The van der Waals surface area contributed by atoms with E-state index in [-0.39, 0.29) is 23.8 Å². The number of hydrogen-bond donors (Lipinski definition) is 2. The predicted molar refractivity (Wildman–Crippen MR) is 85.5 cm³/mol. The molecule has 1 aromatic heterocycles. The van der Waals surface area contributed by atoms with Crippen molar-refractivity contribution in [1.82, 2.24) is 4.98 Å². The number of aromatic hydroxyl groups is 2. The van der Waals surface area contributed by atoms with Crippen LogP contribution < -0.4 is 0 Å². The normalized spacial score (nSPS) is 10.6. The van der Waals surface area contributed by atoms with Crippen LogP contribution in [0.3, 0.4) is 0 Å². The van der Waals surface area contributed by atoms with Crippen LogP contribution >= 0.6 is 0 Å². The van der Waals surface area contributed by atoms with E-state index in [4.69, 9.17) is 4.74 Å². The van der Waals surface area contributed by atoms with Crippen LogP contribution in [0, 0.1) is 0 Å². The number of aromatic nitrogens is 1. The van der Waals surface area contributed by atoms with E-state index in [0.717, 1.165) is 5.56 Å². The molecule has 0 spiro atoms. The van der Waals surface area contributed by atoms with E-state index in [1.165, 1.54) is 18.3 Å². The monoisotopic (exact) mass is 309 g/mol. The summed E-state index contributed by atoms with van der Waals surface area (Å²) in [4.78, 5) is 16.0. The first kappa shape index (κ1) is 14.8. The Morgan fingerprint density at radius 2 is 1.87 bits per heavy atom. The molecule has 3 rings (SSSR count). The molecule has 23 heavy (non-hydrogen) atoms. The Morgan fingerprint density at radius 1 is 1.09 bits per heavy atom. The lowest BCUT2D eigenvalue weighted by atomic mass is 10.1. The van der Waals surface area contributed by atoms with Gasteiger partial charge < -0.3 is 14.9 Å².